The van der Waals surface area contributed by atoms with Gasteiger partial charge in [-0.3, -0.25) is 19.5 Å². The van der Waals surface area contributed by atoms with E-state index in [0.29, 0.717) is 29.3 Å². The summed E-state index contributed by atoms with van der Waals surface area (Å²) >= 11 is 0. The molecular weight excluding hydrogens is 602 g/mol. The fourth-order valence-corrected chi connectivity index (χ4v) is 6.63. The summed E-state index contributed by atoms with van der Waals surface area (Å²) in [6.45, 7) is 5.48. The van der Waals surface area contributed by atoms with Crippen LogP contribution in [0.15, 0.2) is 70.9 Å². The summed E-state index contributed by atoms with van der Waals surface area (Å²) in [5.74, 6) is 1.16. The third-order valence-electron chi connectivity index (χ3n) is 8.92. The van der Waals surface area contributed by atoms with Crippen LogP contribution in [0.2, 0.25) is 0 Å². The Balaban J connectivity index is 1.43. The molecule has 3 aromatic carbocycles. The van der Waals surface area contributed by atoms with Crippen LogP contribution in [-0.2, 0) is 12.4 Å². The van der Waals surface area contributed by atoms with E-state index in [0.717, 1.165) is 36.9 Å². The number of rotatable bonds is 8. The van der Waals surface area contributed by atoms with E-state index in [4.69, 9.17) is 4.74 Å². The molecule has 2 bridgehead atoms. The average Bonchev–Trinajstić information content (AvgIpc) is 3.03. The van der Waals surface area contributed by atoms with Gasteiger partial charge in [-0.1, -0.05) is 6.08 Å². The fraction of sp³-hybridized carbons (Fsp3) is 0.344. The summed E-state index contributed by atoms with van der Waals surface area (Å²) in [6, 6.07) is 7.29. The Morgan fingerprint density at radius 2 is 1.69 bits per heavy atom. The zero-order valence-electron chi connectivity index (χ0n) is 23.9. The monoisotopic (exact) mass is 630 g/mol. The Kier molecular flexibility index (Phi) is 7.62. The van der Waals surface area contributed by atoms with E-state index in [1.165, 1.54) is 7.11 Å². The van der Waals surface area contributed by atoms with Crippen molar-refractivity contribution < 1.29 is 31.1 Å². The third kappa shape index (κ3) is 5.65. The van der Waals surface area contributed by atoms with Gasteiger partial charge in [0.1, 0.15) is 17.1 Å². The number of benzene rings is 2. The van der Waals surface area contributed by atoms with Gasteiger partial charge in [0.15, 0.2) is 0 Å². The zero-order valence-corrected chi connectivity index (χ0v) is 23.9. The van der Waals surface area contributed by atoms with Gasteiger partial charge in [-0.2, -0.15) is 26.3 Å². The molecule has 3 aliphatic heterocycles. The van der Waals surface area contributed by atoms with Gasteiger partial charge in [-0.05, 0) is 79.3 Å². The number of nitrogens with zero attached hydrogens (tertiary/aromatic N) is 2. The maximum atomic E-state index is 13.5. The Morgan fingerprint density at radius 1 is 1.00 bits per heavy atom. The van der Waals surface area contributed by atoms with Crippen molar-refractivity contribution in [1.82, 2.24) is 9.88 Å². The summed E-state index contributed by atoms with van der Waals surface area (Å²) in [5, 5.41) is 6.30. The first kappa shape index (κ1) is 30.6. The second-order valence-electron chi connectivity index (χ2n) is 11.5. The molecule has 7 nitrogen and oxygen atoms in total. The lowest BCUT2D eigenvalue weighted by molar-refractivity contribution is -0.143. The second kappa shape index (κ2) is 11.2. The molecule has 2 unspecified atom stereocenters. The molecule has 236 valence electrons. The number of anilines is 3. The number of hydrogen-bond donors (Lipinski definition) is 2. The first-order valence-electron chi connectivity index (χ1n) is 14.2. The molecule has 7 rings (SSSR count). The van der Waals surface area contributed by atoms with Gasteiger partial charge in [0.25, 0.3) is 10.9 Å². The Hall–Kier alpha value is -4.39. The van der Waals surface area contributed by atoms with E-state index in [1.807, 2.05) is 6.08 Å². The first-order valence-corrected chi connectivity index (χ1v) is 14.2. The van der Waals surface area contributed by atoms with Crippen molar-refractivity contribution in [2.45, 2.75) is 37.3 Å². The van der Waals surface area contributed by atoms with Crippen molar-refractivity contribution in [2.24, 2.45) is 11.8 Å². The Labute approximate surface area is 253 Å². The zero-order chi connectivity index (χ0) is 32.3. The van der Waals surface area contributed by atoms with Crippen LogP contribution in [0.25, 0.3) is 10.9 Å². The smallest absolute Gasteiger partial charge is 0.416 e. The van der Waals surface area contributed by atoms with Crippen molar-refractivity contribution >= 4 is 28.0 Å². The topological polar surface area (TPSA) is 83.6 Å². The molecule has 4 heterocycles. The van der Waals surface area contributed by atoms with Crippen LogP contribution in [0.1, 0.15) is 35.6 Å². The second-order valence-corrected chi connectivity index (χ2v) is 11.5. The lowest BCUT2D eigenvalue weighted by Crippen LogP contribution is -2.56. The molecule has 3 fully saturated rings. The maximum absolute atomic E-state index is 13.5. The minimum atomic E-state index is -5.08. The number of nitrogens with one attached hydrogen (secondary N) is 2. The van der Waals surface area contributed by atoms with Crippen LogP contribution >= 0.6 is 0 Å². The molecule has 2 N–H and O–H groups in total. The number of methoxy groups -OCH3 is 1. The molecule has 1 aromatic heterocycles. The minimum Gasteiger partial charge on any atom is -0.497 e. The highest BCUT2D eigenvalue weighted by Crippen LogP contribution is 2.44. The van der Waals surface area contributed by atoms with Gasteiger partial charge in [0, 0.05) is 29.9 Å². The largest absolute Gasteiger partial charge is 0.497 e. The standard InChI is InChI=1S/C32H28F6N4O3/c1-3-16-15-42-9-7-17(16)10-25(42)26(22-6-8-39-24-5-4-21(45-2)14-23(22)24)41-28-27(29(43)30(28)44)40-20-12-18(31(33,34)35)11-19(13-20)32(36,37)38/h3-6,8,11-14,16-17,25-26,40-41H,1,7,9-10,15H2,2H3/t16?,17-,25+,26+/m0/s1. The van der Waals surface area contributed by atoms with E-state index in [1.54, 1.807) is 30.5 Å². The normalized spacial score (nSPS) is 22.4. The van der Waals surface area contributed by atoms with Crippen molar-refractivity contribution in [3.63, 3.8) is 0 Å². The van der Waals surface area contributed by atoms with Crippen molar-refractivity contribution in [3.8, 4) is 5.75 Å². The van der Waals surface area contributed by atoms with Gasteiger partial charge < -0.3 is 15.4 Å². The first-order chi connectivity index (χ1) is 21.3. The molecule has 3 aliphatic rings. The highest BCUT2D eigenvalue weighted by Gasteiger charge is 2.44. The predicted molar refractivity (Wildman–Crippen MR) is 158 cm³/mol. The molecule has 13 heteroatoms. The van der Waals surface area contributed by atoms with Crippen LogP contribution in [0.4, 0.5) is 43.4 Å². The van der Waals surface area contributed by atoms with Crippen molar-refractivity contribution in [2.75, 3.05) is 30.8 Å². The lowest BCUT2D eigenvalue weighted by Gasteiger charge is -2.52. The van der Waals surface area contributed by atoms with Crippen LogP contribution in [0, 0.1) is 11.8 Å². The Morgan fingerprint density at radius 3 is 2.29 bits per heavy atom. The minimum absolute atomic E-state index is 0.00556. The number of aromatic nitrogens is 1. The summed E-state index contributed by atoms with van der Waals surface area (Å²) in [7, 11) is 1.52. The molecule has 0 aliphatic carbocycles. The van der Waals surface area contributed by atoms with Gasteiger partial charge in [-0.25, -0.2) is 0 Å². The number of piperidine rings is 3. The van der Waals surface area contributed by atoms with Crippen LogP contribution in [0.5, 0.6) is 5.75 Å². The SMILES string of the molecule is C=CC1CN2CC[C@H]1C[C@@H]2[C@H](Nc1c(Nc2cc(C(F)(F)F)cc(C(F)(F)F)c2)c(=O)c1=O)c1ccnc2ccc(OC)cc12. The molecule has 3 saturated heterocycles. The summed E-state index contributed by atoms with van der Waals surface area (Å²) in [6.07, 6.45) is -4.94. The number of pyridine rings is 1. The summed E-state index contributed by atoms with van der Waals surface area (Å²) in [5.41, 5.74) is -4.95. The van der Waals surface area contributed by atoms with E-state index >= 15 is 0 Å². The fourth-order valence-electron chi connectivity index (χ4n) is 6.63. The van der Waals surface area contributed by atoms with Gasteiger partial charge in [0.2, 0.25) is 0 Å². The highest BCUT2D eigenvalue weighted by molar-refractivity contribution is 5.85. The molecule has 0 radical (unpaired) electrons. The highest BCUT2D eigenvalue weighted by atomic mass is 19.4. The van der Waals surface area contributed by atoms with Crippen LogP contribution in [0.3, 0.4) is 0 Å². The van der Waals surface area contributed by atoms with E-state index < -0.39 is 51.8 Å². The predicted octanol–water partition coefficient (Wildman–Crippen LogP) is 6.67. The summed E-state index contributed by atoms with van der Waals surface area (Å²) < 4.78 is 86.4. The molecule has 0 amide bonds. The van der Waals surface area contributed by atoms with E-state index in [2.05, 4.69) is 27.1 Å². The maximum Gasteiger partial charge on any atom is 0.416 e. The number of alkyl halides is 6. The molecule has 5 atom stereocenters. The van der Waals surface area contributed by atoms with Crippen LogP contribution in [-0.4, -0.2) is 36.1 Å². The van der Waals surface area contributed by atoms with Crippen LogP contribution < -0.4 is 26.2 Å². The van der Waals surface area contributed by atoms with E-state index in [9.17, 15) is 35.9 Å². The number of fused-ring (bicyclic) bond motifs is 4. The lowest BCUT2D eigenvalue weighted by atomic mass is 9.73. The van der Waals surface area contributed by atoms with E-state index in [-0.39, 0.29) is 23.7 Å². The average molecular weight is 631 g/mol. The molecular formula is C32H28F6N4O3. The number of ether oxygens (including phenoxy) is 1. The van der Waals surface area contributed by atoms with Gasteiger partial charge in [-0.15, -0.1) is 6.58 Å². The molecule has 0 spiro atoms. The Bertz CT molecular complexity index is 1810. The van der Waals surface area contributed by atoms with Crippen molar-refractivity contribution in [3.05, 3.63) is 98.5 Å². The summed E-state index contributed by atoms with van der Waals surface area (Å²) in [4.78, 5) is 32.4. The molecule has 45 heavy (non-hydrogen) atoms. The number of halogens is 6. The van der Waals surface area contributed by atoms with Gasteiger partial charge >= 0.3 is 12.4 Å². The molecule has 4 aromatic rings. The number of hydrogen-bond acceptors (Lipinski definition) is 7. The quantitative estimate of drug-likeness (QED) is 0.128. The van der Waals surface area contributed by atoms with Gasteiger partial charge in [0.05, 0.1) is 29.8 Å². The molecule has 0 saturated carbocycles. The third-order valence-corrected chi connectivity index (χ3v) is 8.92. The van der Waals surface area contributed by atoms with Crippen molar-refractivity contribution in [1.29, 1.82) is 0 Å².